The third-order valence-corrected chi connectivity index (χ3v) is 6.42. The van der Waals surface area contributed by atoms with Gasteiger partial charge in [0.1, 0.15) is 16.6 Å². The number of unbranched alkanes of at least 4 members (excludes halogenated alkanes) is 3. The normalized spacial score (nSPS) is 11.0. The van der Waals surface area contributed by atoms with Crippen LogP contribution in [0.5, 0.6) is 0 Å². The van der Waals surface area contributed by atoms with Crippen LogP contribution in [-0.4, -0.2) is 27.0 Å². The second kappa shape index (κ2) is 11.7. The van der Waals surface area contributed by atoms with E-state index in [2.05, 4.69) is 9.97 Å². The van der Waals surface area contributed by atoms with Crippen molar-refractivity contribution in [1.82, 2.24) is 14.5 Å². The minimum absolute atomic E-state index is 0.00247. The Morgan fingerprint density at radius 2 is 1.85 bits per heavy atom. The molecule has 3 rings (SSSR count). The fourth-order valence-corrected chi connectivity index (χ4v) is 4.45. The van der Waals surface area contributed by atoms with Gasteiger partial charge >= 0.3 is 5.69 Å². The molecule has 0 spiro atoms. The quantitative estimate of drug-likeness (QED) is 0.398. The number of anilines is 2. The van der Waals surface area contributed by atoms with Crippen molar-refractivity contribution in [2.45, 2.75) is 58.9 Å². The van der Waals surface area contributed by atoms with Gasteiger partial charge in [0.25, 0.3) is 5.56 Å². The van der Waals surface area contributed by atoms with Crippen molar-refractivity contribution < 1.29 is 9.18 Å². The Morgan fingerprint density at radius 1 is 1.15 bits per heavy atom. The van der Waals surface area contributed by atoms with Crippen molar-refractivity contribution in [2.75, 3.05) is 17.2 Å². The number of H-pyrrole nitrogens is 1. The maximum absolute atomic E-state index is 13.4. The fourth-order valence-electron chi connectivity index (χ4n) is 3.62. The summed E-state index contributed by atoms with van der Waals surface area (Å²) in [5, 5.41) is 2.45. The molecule has 0 aliphatic rings. The SMILES string of the molecule is CCCCCN(C(=O)Cc1csc(-c2ccc(F)cc2)n1)c1c(N)n(CCCC)c(=O)[nH]c1=O. The molecule has 10 heteroatoms. The third-order valence-electron chi connectivity index (χ3n) is 5.48. The van der Waals surface area contributed by atoms with Crippen molar-refractivity contribution in [3.63, 3.8) is 0 Å². The largest absolute Gasteiger partial charge is 0.383 e. The Labute approximate surface area is 201 Å². The summed E-state index contributed by atoms with van der Waals surface area (Å²) >= 11 is 1.36. The van der Waals surface area contributed by atoms with E-state index in [1.54, 1.807) is 17.5 Å². The van der Waals surface area contributed by atoms with Crippen LogP contribution in [0.25, 0.3) is 10.6 Å². The molecule has 0 atom stereocenters. The number of carbonyl (C=O) groups excluding carboxylic acids is 1. The minimum atomic E-state index is -0.676. The first-order valence-corrected chi connectivity index (χ1v) is 12.4. The summed E-state index contributed by atoms with van der Waals surface area (Å²) in [6.45, 7) is 4.70. The molecule has 0 aliphatic heterocycles. The standard InChI is InChI=1S/C24H30FN5O3S/c1-3-5-7-13-29(20-21(26)30(12-6-4-2)24(33)28-22(20)32)19(31)14-18-15-34-23(27-18)16-8-10-17(25)11-9-16/h8-11,15H,3-7,12-14,26H2,1-2H3,(H,28,32,33). The molecule has 2 aromatic heterocycles. The highest BCUT2D eigenvalue weighted by molar-refractivity contribution is 7.13. The van der Waals surface area contributed by atoms with Crippen LogP contribution in [0.4, 0.5) is 15.9 Å². The number of rotatable bonds is 11. The number of carbonyl (C=O) groups is 1. The van der Waals surface area contributed by atoms with Gasteiger partial charge in [-0.25, -0.2) is 14.2 Å². The van der Waals surface area contributed by atoms with E-state index in [-0.39, 0.29) is 29.7 Å². The molecule has 182 valence electrons. The maximum atomic E-state index is 13.4. The van der Waals surface area contributed by atoms with Crippen LogP contribution >= 0.6 is 11.3 Å². The Kier molecular flexibility index (Phi) is 8.75. The van der Waals surface area contributed by atoms with E-state index in [1.165, 1.54) is 32.9 Å². The lowest BCUT2D eigenvalue weighted by Gasteiger charge is -2.24. The number of nitrogens with zero attached hydrogens (tertiary/aromatic N) is 3. The molecule has 2 heterocycles. The van der Waals surface area contributed by atoms with Gasteiger partial charge in [-0.3, -0.25) is 19.1 Å². The van der Waals surface area contributed by atoms with E-state index < -0.39 is 11.2 Å². The summed E-state index contributed by atoms with van der Waals surface area (Å²) < 4.78 is 14.5. The number of nitrogen functional groups attached to an aromatic ring is 1. The molecule has 0 bridgehead atoms. The number of nitrogens with two attached hydrogens (primary N) is 1. The Balaban J connectivity index is 1.91. The second-order valence-corrected chi connectivity index (χ2v) is 8.94. The van der Waals surface area contributed by atoms with Gasteiger partial charge in [-0.05, 0) is 37.1 Å². The molecule has 3 aromatic rings. The predicted molar refractivity (Wildman–Crippen MR) is 134 cm³/mol. The lowest BCUT2D eigenvalue weighted by molar-refractivity contribution is -0.118. The molecule has 0 radical (unpaired) electrons. The average Bonchev–Trinajstić information content (AvgIpc) is 3.26. The number of thiazole rings is 1. The van der Waals surface area contributed by atoms with Crippen molar-refractivity contribution in [2.24, 2.45) is 0 Å². The number of hydrogen-bond acceptors (Lipinski definition) is 6. The lowest BCUT2D eigenvalue weighted by atomic mass is 10.2. The highest BCUT2D eigenvalue weighted by atomic mass is 32.1. The van der Waals surface area contributed by atoms with E-state index in [4.69, 9.17) is 5.73 Å². The highest BCUT2D eigenvalue weighted by Gasteiger charge is 2.24. The first kappa shape index (κ1) is 25.4. The Morgan fingerprint density at radius 3 is 2.53 bits per heavy atom. The molecule has 0 saturated heterocycles. The summed E-state index contributed by atoms with van der Waals surface area (Å²) in [5.74, 6) is -0.663. The van der Waals surface area contributed by atoms with Crippen molar-refractivity contribution in [3.05, 3.63) is 62.0 Å². The summed E-state index contributed by atoms with van der Waals surface area (Å²) in [7, 11) is 0. The van der Waals surface area contributed by atoms with Crippen LogP contribution in [0.15, 0.2) is 39.2 Å². The van der Waals surface area contributed by atoms with Crippen molar-refractivity contribution in [3.8, 4) is 10.6 Å². The van der Waals surface area contributed by atoms with Gasteiger partial charge in [-0.1, -0.05) is 33.1 Å². The van der Waals surface area contributed by atoms with Gasteiger partial charge < -0.3 is 10.6 Å². The number of halogens is 1. The van der Waals surface area contributed by atoms with Gasteiger partial charge in [0.2, 0.25) is 5.91 Å². The maximum Gasteiger partial charge on any atom is 0.330 e. The van der Waals surface area contributed by atoms with Gasteiger partial charge in [0, 0.05) is 24.0 Å². The van der Waals surface area contributed by atoms with Gasteiger partial charge in [0.15, 0.2) is 5.69 Å². The monoisotopic (exact) mass is 487 g/mol. The smallest absolute Gasteiger partial charge is 0.330 e. The fraction of sp³-hybridized carbons (Fsp3) is 0.417. The molecular weight excluding hydrogens is 457 g/mol. The van der Waals surface area contributed by atoms with E-state index in [0.717, 1.165) is 24.8 Å². The third kappa shape index (κ3) is 5.99. The molecule has 1 aromatic carbocycles. The molecule has 0 saturated carbocycles. The Hall–Kier alpha value is -3.27. The molecule has 0 aliphatic carbocycles. The molecule has 8 nitrogen and oxygen atoms in total. The average molecular weight is 488 g/mol. The highest BCUT2D eigenvalue weighted by Crippen LogP contribution is 2.25. The van der Waals surface area contributed by atoms with E-state index in [9.17, 15) is 18.8 Å². The number of nitrogens with one attached hydrogen (secondary N) is 1. The molecule has 0 fully saturated rings. The molecular formula is C24H30FN5O3S. The van der Waals surface area contributed by atoms with Gasteiger partial charge in [0.05, 0.1) is 12.1 Å². The van der Waals surface area contributed by atoms with E-state index in [0.29, 0.717) is 36.6 Å². The summed E-state index contributed by atoms with van der Waals surface area (Å²) in [6.07, 6.45) is 4.04. The topological polar surface area (TPSA) is 114 Å². The number of amides is 1. The molecule has 3 N–H and O–H groups in total. The molecule has 34 heavy (non-hydrogen) atoms. The van der Waals surface area contributed by atoms with E-state index >= 15 is 0 Å². The zero-order chi connectivity index (χ0) is 24.7. The van der Waals surface area contributed by atoms with Crippen LogP contribution in [0.2, 0.25) is 0 Å². The first-order valence-electron chi connectivity index (χ1n) is 11.5. The van der Waals surface area contributed by atoms with Gasteiger partial charge in [-0.2, -0.15) is 0 Å². The van der Waals surface area contributed by atoms with Crippen molar-refractivity contribution in [1.29, 1.82) is 0 Å². The first-order chi connectivity index (χ1) is 16.3. The zero-order valence-corrected chi connectivity index (χ0v) is 20.3. The zero-order valence-electron chi connectivity index (χ0n) is 19.5. The summed E-state index contributed by atoms with van der Waals surface area (Å²) in [4.78, 5) is 46.6. The molecule has 1 amide bonds. The number of aromatic nitrogens is 3. The van der Waals surface area contributed by atoms with Gasteiger partial charge in [-0.15, -0.1) is 11.3 Å². The van der Waals surface area contributed by atoms with Crippen LogP contribution in [0.1, 0.15) is 51.6 Å². The summed E-state index contributed by atoms with van der Waals surface area (Å²) in [5.41, 5.74) is 6.31. The van der Waals surface area contributed by atoms with Crippen LogP contribution < -0.4 is 21.9 Å². The lowest BCUT2D eigenvalue weighted by Crippen LogP contribution is -2.42. The number of aromatic amines is 1. The van der Waals surface area contributed by atoms with Crippen molar-refractivity contribution >= 4 is 28.7 Å². The second-order valence-electron chi connectivity index (χ2n) is 8.08. The minimum Gasteiger partial charge on any atom is -0.383 e. The predicted octanol–water partition coefficient (Wildman–Crippen LogP) is 3.95. The van der Waals surface area contributed by atoms with Crippen LogP contribution in [0.3, 0.4) is 0 Å². The number of benzene rings is 1. The molecule has 0 unspecified atom stereocenters. The summed E-state index contributed by atoms with van der Waals surface area (Å²) in [6, 6.07) is 5.99. The van der Waals surface area contributed by atoms with Crippen LogP contribution in [-0.2, 0) is 17.8 Å². The number of hydrogen-bond donors (Lipinski definition) is 2. The van der Waals surface area contributed by atoms with Crippen LogP contribution in [0, 0.1) is 5.82 Å². The Bertz CT molecular complexity index is 1230. The van der Waals surface area contributed by atoms with E-state index in [1.807, 2.05) is 13.8 Å².